The van der Waals surface area contributed by atoms with Crippen LogP contribution in [-0.2, 0) is 0 Å². The van der Waals surface area contributed by atoms with Gasteiger partial charge in [0.25, 0.3) is 0 Å². The zero-order valence-electron chi connectivity index (χ0n) is 26.3. The molecule has 0 N–H and O–H groups in total. The number of rotatable bonds is 4. The van der Waals surface area contributed by atoms with Gasteiger partial charge in [-0.1, -0.05) is 133 Å². The van der Waals surface area contributed by atoms with E-state index in [0.717, 1.165) is 55.1 Å². The Kier molecular flexibility index (Phi) is 6.15. The summed E-state index contributed by atoms with van der Waals surface area (Å²) in [4.78, 5) is 15.2. The van der Waals surface area contributed by atoms with Gasteiger partial charge >= 0.3 is 0 Å². The Morgan fingerprint density at radius 3 is 1.61 bits per heavy atom. The van der Waals surface area contributed by atoms with Gasteiger partial charge in [-0.3, -0.25) is 0 Å². The number of hydrogen-bond acceptors (Lipinski definition) is 4. The summed E-state index contributed by atoms with van der Waals surface area (Å²) in [6.07, 6.45) is 0. The molecule has 0 bridgehead atoms. The molecular weight excluding hydrogens is 599 g/mol. The van der Waals surface area contributed by atoms with Crippen molar-refractivity contribution >= 4 is 54.3 Å². The minimum Gasteiger partial charge on any atom is -0.456 e. The Morgan fingerprint density at radius 1 is 0.327 bits per heavy atom. The van der Waals surface area contributed by atoms with Crippen LogP contribution in [0.25, 0.3) is 99.5 Å². The summed E-state index contributed by atoms with van der Waals surface area (Å²) in [6, 6.07) is 57.0. The minimum absolute atomic E-state index is 0.589. The van der Waals surface area contributed by atoms with Crippen LogP contribution in [0.5, 0.6) is 0 Å². The second-order valence-corrected chi connectivity index (χ2v) is 12.5. The molecule has 0 atom stereocenters. The average molecular weight is 626 g/mol. The molecule has 8 aromatic carbocycles. The number of furan rings is 1. The summed E-state index contributed by atoms with van der Waals surface area (Å²) >= 11 is 0. The van der Waals surface area contributed by atoms with Crippen LogP contribution in [0.4, 0.5) is 0 Å². The van der Waals surface area contributed by atoms with Crippen LogP contribution in [-0.4, -0.2) is 15.0 Å². The average Bonchev–Trinajstić information content (AvgIpc) is 3.56. The van der Waals surface area contributed by atoms with Gasteiger partial charge in [0.15, 0.2) is 17.5 Å². The van der Waals surface area contributed by atoms with Gasteiger partial charge < -0.3 is 4.42 Å². The fourth-order valence-corrected chi connectivity index (χ4v) is 7.06. The third kappa shape index (κ3) is 4.65. The van der Waals surface area contributed by atoms with Crippen molar-refractivity contribution in [2.24, 2.45) is 0 Å². The quantitative estimate of drug-likeness (QED) is 0.195. The highest BCUT2D eigenvalue weighted by atomic mass is 16.3. The molecular formula is C45H27N3O. The molecule has 0 saturated carbocycles. The topological polar surface area (TPSA) is 51.8 Å². The fraction of sp³-hybridized carbons (Fsp3) is 0. The maximum atomic E-state index is 6.68. The predicted molar refractivity (Wildman–Crippen MR) is 201 cm³/mol. The molecule has 0 aliphatic rings. The molecule has 228 valence electrons. The molecule has 10 aromatic rings. The highest BCUT2D eigenvalue weighted by molar-refractivity contribution is 6.23. The minimum atomic E-state index is 0.589. The van der Waals surface area contributed by atoms with Crippen LogP contribution >= 0.6 is 0 Å². The lowest BCUT2D eigenvalue weighted by Gasteiger charge is -2.12. The first-order valence-electron chi connectivity index (χ1n) is 16.4. The van der Waals surface area contributed by atoms with Crippen molar-refractivity contribution in [3.8, 4) is 45.3 Å². The lowest BCUT2D eigenvalue weighted by molar-refractivity contribution is 0.669. The summed E-state index contributed by atoms with van der Waals surface area (Å²) in [5, 5.41) is 9.23. The third-order valence-electron chi connectivity index (χ3n) is 9.46. The fourth-order valence-electron chi connectivity index (χ4n) is 7.06. The van der Waals surface area contributed by atoms with E-state index in [4.69, 9.17) is 19.4 Å². The molecule has 49 heavy (non-hydrogen) atoms. The Bertz CT molecular complexity index is 2890. The van der Waals surface area contributed by atoms with E-state index in [2.05, 4.69) is 133 Å². The van der Waals surface area contributed by atoms with E-state index < -0.39 is 0 Å². The molecule has 2 heterocycles. The normalized spacial score (nSPS) is 11.7. The van der Waals surface area contributed by atoms with Gasteiger partial charge in [0.05, 0.1) is 0 Å². The molecule has 0 spiro atoms. The van der Waals surface area contributed by atoms with E-state index in [-0.39, 0.29) is 0 Å². The number of aromatic nitrogens is 3. The second kappa shape index (κ2) is 11.0. The van der Waals surface area contributed by atoms with Gasteiger partial charge in [0, 0.05) is 27.5 Å². The monoisotopic (exact) mass is 625 g/mol. The lowest BCUT2D eigenvalue weighted by atomic mass is 9.93. The molecule has 4 nitrogen and oxygen atoms in total. The summed E-state index contributed by atoms with van der Waals surface area (Å²) in [6.45, 7) is 0. The maximum Gasteiger partial charge on any atom is 0.164 e. The van der Waals surface area contributed by atoms with Crippen LogP contribution < -0.4 is 0 Å². The van der Waals surface area contributed by atoms with Gasteiger partial charge in [-0.25, -0.2) is 15.0 Å². The maximum absolute atomic E-state index is 6.68. The first-order valence-corrected chi connectivity index (χ1v) is 16.4. The van der Waals surface area contributed by atoms with Gasteiger partial charge in [0.1, 0.15) is 11.2 Å². The summed E-state index contributed by atoms with van der Waals surface area (Å²) < 4.78 is 6.68. The first kappa shape index (κ1) is 27.5. The van der Waals surface area contributed by atoms with E-state index in [0.29, 0.717) is 17.5 Å². The molecule has 0 radical (unpaired) electrons. The largest absolute Gasteiger partial charge is 0.456 e. The Hall–Kier alpha value is -6.65. The molecule has 0 aliphatic heterocycles. The van der Waals surface area contributed by atoms with Crippen LogP contribution in [0.15, 0.2) is 168 Å². The van der Waals surface area contributed by atoms with Gasteiger partial charge in [0.2, 0.25) is 0 Å². The summed E-state index contributed by atoms with van der Waals surface area (Å²) in [7, 11) is 0. The van der Waals surface area contributed by atoms with E-state index in [1.54, 1.807) is 0 Å². The van der Waals surface area contributed by atoms with Gasteiger partial charge in [-0.15, -0.1) is 0 Å². The van der Waals surface area contributed by atoms with Crippen molar-refractivity contribution in [1.82, 2.24) is 15.0 Å². The zero-order chi connectivity index (χ0) is 32.3. The van der Waals surface area contributed by atoms with Crippen molar-refractivity contribution in [3.63, 3.8) is 0 Å². The predicted octanol–water partition coefficient (Wildman–Crippen LogP) is 11.9. The van der Waals surface area contributed by atoms with Gasteiger partial charge in [-0.05, 0) is 73.8 Å². The molecule has 2 aromatic heterocycles. The highest BCUT2D eigenvalue weighted by Crippen LogP contribution is 2.43. The number of fused-ring (bicyclic) bond motifs is 7. The van der Waals surface area contributed by atoms with Gasteiger partial charge in [-0.2, -0.15) is 0 Å². The van der Waals surface area contributed by atoms with Crippen LogP contribution in [0, 0.1) is 0 Å². The first-order chi connectivity index (χ1) is 24.2. The third-order valence-corrected chi connectivity index (χ3v) is 9.46. The number of hydrogen-bond donors (Lipinski definition) is 0. The van der Waals surface area contributed by atoms with Crippen molar-refractivity contribution < 1.29 is 4.42 Å². The number of nitrogens with zero attached hydrogens (tertiary/aromatic N) is 3. The second-order valence-electron chi connectivity index (χ2n) is 12.5. The number of benzene rings is 8. The van der Waals surface area contributed by atoms with Crippen LogP contribution in [0.2, 0.25) is 0 Å². The smallest absolute Gasteiger partial charge is 0.164 e. The van der Waals surface area contributed by atoms with Crippen molar-refractivity contribution in [1.29, 1.82) is 0 Å². The van der Waals surface area contributed by atoms with Crippen LogP contribution in [0.3, 0.4) is 0 Å². The SMILES string of the molecule is c1ccc(-c2nc(-c3ccc4ccccc4c3)nc(-c3cc(-c4ccc5ccccc5c4)c4c(c3)oc3ccc5ccccc5c34)n2)cc1. The van der Waals surface area contributed by atoms with Crippen molar-refractivity contribution in [2.75, 3.05) is 0 Å². The Balaban J connectivity index is 1.27. The molecule has 10 rings (SSSR count). The van der Waals surface area contributed by atoms with Crippen molar-refractivity contribution in [2.45, 2.75) is 0 Å². The van der Waals surface area contributed by atoms with E-state index >= 15 is 0 Å². The van der Waals surface area contributed by atoms with Crippen LogP contribution in [0.1, 0.15) is 0 Å². The Labute approximate surface area is 282 Å². The lowest BCUT2D eigenvalue weighted by Crippen LogP contribution is -2.00. The van der Waals surface area contributed by atoms with E-state index in [1.807, 2.05) is 30.3 Å². The molecule has 4 heteroatoms. The van der Waals surface area contributed by atoms with E-state index in [1.165, 1.54) is 26.9 Å². The molecule has 0 aliphatic carbocycles. The van der Waals surface area contributed by atoms with Crippen molar-refractivity contribution in [3.05, 3.63) is 164 Å². The summed E-state index contributed by atoms with van der Waals surface area (Å²) in [5.41, 5.74) is 6.55. The molecule has 0 amide bonds. The molecule has 0 fully saturated rings. The Morgan fingerprint density at radius 2 is 0.878 bits per heavy atom. The summed E-state index contributed by atoms with van der Waals surface area (Å²) in [5.74, 6) is 1.83. The van der Waals surface area contributed by atoms with E-state index in [9.17, 15) is 0 Å². The highest BCUT2D eigenvalue weighted by Gasteiger charge is 2.20. The molecule has 0 saturated heterocycles. The molecule has 0 unspecified atom stereocenters. The zero-order valence-corrected chi connectivity index (χ0v) is 26.3. The standard InChI is InChI=1S/C45H27N3O/c1-2-13-31(14-3-1)43-46-44(35-21-19-29-11-5-7-16-33(29)25-35)48-45(47-43)36-26-38(34-20-18-28-10-4-6-15-32(28)24-34)42-40(27-36)49-39-23-22-30-12-8-9-17-37(30)41(39)42/h1-27H.